The first kappa shape index (κ1) is 19.0. The summed E-state index contributed by atoms with van der Waals surface area (Å²) in [6, 6.07) is 3.91. The molecule has 1 amide bonds. The SMILES string of the molecule is COc1nc(N)c(C#N)c(-c2cnc(NC(=O)OC(C)(C)C)s2)c1C#N. The van der Waals surface area contributed by atoms with E-state index in [1.807, 2.05) is 12.1 Å². The van der Waals surface area contributed by atoms with Crippen molar-refractivity contribution in [1.82, 2.24) is 9.97 Å². The molecule has 2 aromatic heterocycles. The molecule has 0 aromatic carbocycles. The molecule has 2 rings (SSSR count). The molecule has 10 heteroatoms. The number of carbonyl (C=O) groups excluding carboxylic acids is 1. The second kappa shape index (κ2) is 7.25. The summed E-state index contributed by atoms with van der Waals surface area (Å²) in [4.78, 5) is 20.3. The number of nitrogens with zero attached hydrogens (tertiary/aromatic N) is 4. The lowest BCUT2D eigenvalue weighted by Gasteiger charge is -2.18. The molecule has 2 aromatic rings. The number of ether oxygens (including phenoxy) is 2. The van der Waals surface area contributed by atoms with E-state index >= 15 is 0 Å². The third kappa shape index (κ3) is 3.99. The van der Waals surface area contributed by atoms with Gasteiger partial charge >= 0.3 is 6.09 Å². The maximum absolute atomic E-state index is 11.9. The number of anilines is 2. The van der Waals surface area contributed by atoms with E-state index in [9.17, 15) is 15.3 Å². The fourth-order valence-corrected chi connectivity index (χ4v) is 2.89. The van der Waals surface area contributed by atoms with Gasteiger partial charge in [-0.05, 0) is 20.8 Å². The molecule has 134 valence electrons. The zero-order chi connectivity index (χ0) is 19.5. The Morgan fingerprint density at radius 2 is 1.96 bits per heavy atom. The third-order valence-electron chi connectivity index (χ3n) is 2.97. The van der Waals surface area contributed by atoms with Crippen molar-refractivity contribution >= 4 is 28.4 Å². The van der Waals surface area contributed by atoms with E-state index in [1.54, 1.807) is 20.8 Å². The van der Waals surface area contributed by atoms with E-state index in [0.29, 0.717) is 4.88 Å². The molecule has 0 radical (unpaired) electrons. The molecule has 26 heavy (non-hydrogen) atoms. The Kier molecular flexibility index (Phi) is 5.29. The molecule has 0 saturated heterocycles. The predicted molar refractivity (Wildman–Crippen MR) is 95.6 cm³/mol. The van der Waals surface area contributed by atoms with Crippen LogP contribution in [0.3, 0.4) is 0 Å². The fourth-order valence-electron chi connectivity index (χ4n) is 2.03. The molecule has 0 spiro atoms. The molecule has 0 aliphatic rings. The zero-order valence-corrected chi connectivity index (χ0v) is 15.4. The number of nitrogens with one attached hydrogen (secondary N) is 1. The summed E-state index contributed by atoms with van der Waals surface area (Å²) < 4.78 is 10.2. The highest BCUT2D eigenvalue weighted by atomic mass is 32.1. The van der Waals surface area contributed by atoms with Crippen LogP contribution in [0.25, 0.3) is 10.4 Å². The summed E-state index contributed by atoms with van der Waals surface area (Å²) in [6.07, 6.45) is 0.763. The van der Waals surface area contributed by atoms with Gasteiger partial charge in [-0.2, -0.15) is 15.5 Å². The van der Waals surface area contributed by atoms with Crippen molar-refractivity contribution in [3.8, 4) is 28.5 Å². The van der Waals surface area contributed by atoms with Crippen molar-refractivity contribution in [3.63, 3.8) is 0 Å². The molecule has 0 aliphatic carbocycles. The van der Waals surface area contributed by atoms with Gasteiger partial charge in [-0.3, -0.25) is 5.32 Å². The van der Waals surface area contributed by atoms with Gasteiger partial charge in [-0.15, -0.1) is 0 Å². The van der Waals surface area contributed by atoms with Crippen LogP contribution in [0.4, 0.5) is 15.7 Å². The lowest BCUT2D eigenvalue weighted by Crippen LogP contribution is -2.27. The summed E-state index contributed by atoms with van der Waals surface area (Å²) in [6.45, 7) is 5.22. The van der Waals surface area contributed by atoms with E-state index < -0.39 is 11.7 Å². The van der Waals surface area contributed by atoms with Crippen LogP contribution in [0.5, 0.6) is 5.88 Å². The smallest absolute Gasteiger partial charge is 0.413 e. The number of rotatable bonds is 3. The summed E-state index contributed by atoms with van der Waals surface area (Å²) in [5, 5.41) is 21.6. The average Bonchev–Trinajstić information content (AvgIpc) is 2.99. The molecule has 0 unspecified atom stereocenters. The fraction of sp³-hybridized carbons (Fsp3) is 0.312. The van der Waals surface area contributed by atoms with Crippen molar-refractivity contribution in [2.24, 2.45) is 0 Å². The lowest BCUT2D eigenvalue weighted by molar-refractivity contribution is 0.0636. The standard InChI is InChI=1S/C16H16N6O3S/c1-16(2,3)25-15(23)22-14-20-7-10(26-14)11-8(5-17)12(19)21-13(24-4)9(11)6-18/h7H,1-4H3,(H2,19,21)(H,20,22,23). The molecule has 0 fully saturated rings. The summed E-state index contributed by atoms with van der Waals surface area (Å²) in [5.74, 6) is -0.0533. The highest BCUT2D eigenvalue weighted by molar-refractivity contribution is 7.19. The number of thiazole rings is 1. The van der Waals surface area contributed by atoms with Crippen molar-refractivity contribution in [3.05, 3.63) is 17.3 Å². The number of amides is 1. The highest BCUT2D eigenvalue weighted by Crippen LogP contribution is 2.38. The van der Waals surface area contributed by atoms with Crippen LogP contribution in [0.1, 0.15) is 31.9 Å². The number of nitrogens with two attached hydrogens (primary N) is 1. The van der Waals surface area contributed by atoms with Crippen LogP contribution in [0.2, 0.25) is 0 Å². The van der Waals surface area contributed by atoms with Crippen LogP contribution in [0, 0.1) is 22.7 Å². The highest BCUT2D eigenvalue weighted by Gasteiger charge is 2.23. The molecule has 0 aliphatic heterocycles. The molecule has 9 nitrogen and oxygen atoms in total. The first-order chi connectivity index (χ1) is 12.2. The number of hydrogen-bond donors (Lipinski definition) is 2. The van der Waals surface area contributed by atoms with Gasteiger partial charge in [-0.1, -0.05) is 11.3 Å². The monoisotopic (exact) mass is 372 g/mol. The number of nitrogen functional groups attached to an aromatic ring is 1. The molecule has 2 heterocycles. The predicted octanol–water partition coefficient (Wildman–Crippen LogP) is 2.89. The van der Waals surface area contributed by atoms with Gasteiger partial charge in [0.15, 0.2) is 5.13 Å². The minimum absolute atomic E-state index is 0.00838. The second-order valence-corrected chi connectivity index (χ2v) is 7.04. The van der Waals surface area contributed by atoms with Gasteiger partial charge in [0.25, 0.3) is 0 Å². The average molecular weight is 372 g/mol. The lowest BCUT2D eigenvalue weighted by atomic mass is 10.0. The van der Waals surface area contributed by atoms with Gasteiger partial charge in [0.05, 0.1) is 12.0 Å². The third-order valence-corrected chi connectivity index (χ3v) is 3.90. The van der Waals surface area contributed by atoms with E-state index in [2.05, 4.69) is 15.3 Å². The minimum atomic E-state index is -0.661. The Balaban J connectivity index is 2.46. The van der Waals surface area contributed by atoms with Crippen molar-refractivity contribution in [2.75, 3.05) is 18.2 Å². The van der Waals surface area contributed by atoms with Crippen LogP contribution in [-0.2, 0) is 4.74 Å². The molecule has 0 bridgehead atoms. The van der Waals surface area contributed by atoms with Gasteiger partial charge < -0.3 is 15.2 Å². The van der Waals surface area contributed by atoms with Gasteiger partial charge in [-0.25, -0.2) is 9.78 Å². The number of aromatic nitrogens is 2. The van der Waals surface area contributed by atoms with E-state index in [0.717, 1.165) is 11.3 Å². The van der Waals surface area contributed by atoms with Crippen molar-refractivity contribution < 1.29 is 14.3 Å². The number of carbonyl (C=O) groups is 1. The van der Waals surface area contributed by atoms with Crippen LogP contribution < -0.4 is 15.8 Å². The number of pyridine rings is 1. The van der Waals surface area contributed by atoms with E-state index in [4.69, 9.17) is 15.2 Å². The number of hydrogen-bond acceptors (Lipinski definition) is 9. The topological polar surface area (TPSA) is 147 Å². The second-order valence-electron chi connectivity index (χ2n) is 6.01. The number of nitriles is 2. The van der Waals surface area contributed by atoms with Crippen LogP contribution in [0.15, 0.2) is 6.20 Å². The van der Waals surface area contributed by atoms with Gasteiger partial charge in [0.2, 0.25) is 5.88 Å². The van der Waals surface area contributed by atoms with Crippen molar-refractivity contribution in [1.29, 1.82) is 10.5 Å². The number of methoxy groups -OCH3 is 1. The summed E-state index contributed by atoms with van der Waals surface area (Å²) in [7, 11) is 1.35. The summed E-state index contributed by atoms with van der Waals surface area (Å²) >= 11 is 1.06. The normalized spacial score (nSPS) is 10.5. The first-order valence-electron chi connectivity index (χ1n) is 7.34. The Morgan fingerprint density at radius 3 is 2.50 bits per heavy atom. The molecular weight excluding hydrogens is 356 g/mol. The van der Waals surface area contributed by atoms with Gasteiger partial charge in [0.1, 0.15) is 34.7 Å². The molecule has 3 N–H and O–H groups in total. The van der Waals surface area contributed by atoms with Crippen LogP contribution >= 0.6 is 11.3 Å². The zero-order valence-electron chi connectivity index (χ0n) is 14.6. The Bertz CT molecular complexity index is 933. The van der Waals surface area contributed by atoms with Gasteiger partial charge in [0, 0.05) is 11.8 Å². The minimum Gasteiger partial charge on any atom is -0.480 e. The molecule has 0 saturated carbocycles. The Labute approximate surface area is 154 Å². The van der Waals surface area contributed by atoms with Crippen LogP contribution in [-0.4, -0.2) is 28.8 Å². The molecular formula is C16H16N6O3S. The largest absolute Gasteiger partial charge is 0.480 e. The quantitative estimate of drug-likeness (QED) is 0.835. The first-order valence-corrected chi connectivity index (χ1v) is 8.15. The Hall–Kier alpha value is -3.37. The van der Waals surface area contributed by atoms with Crippen molar-refractivity contribution in [2.45, 2.75) is 26.4 Å². The maximum atomic E-state index is 11.9. The van der Waals surface area contributed by atoms with E-state index in [1.165, 1.54) is 13.3 Å². The molecule has 0 atom stereocenters. The van der Waals surface area contributed by atoms with E-state index in [-0.39, 0.29) is 33.5 Å². The summed E-state index contributed by atoms with van der Waals surface area (Å²) in [5.41, 5.74) is 5.50. The Morgan fingerprint density at radius 1 is 1.31 bits per heavy atom. The maximum Gasteiger partial charge on any atom is 0.413 e.